The van der Waals surface area contributed by atoms with Crippen LogP contribution in [0.3, 0.4) is 0 Å². The predicted octanol–water partition coefficient (Wildman–Crippen LogP) is 3.94. The predicted molar refractivity (Wildman–Crippen MR) is 80.0 cm³/mol. The number of aryl methyl sites for hydroxylation is 2. The van der Waals surface area contributed by atoms with Crippen molar-refractivity contribution in [2.45, 2.75) is 32.2 Å². The van der Waals surface area contributed by atoms with Gasteiger partial charge in [-0.15, -0.1) is 0 Å². The van der Waals surface area contributed by atoms with Crippen LogP contribution in [0.15, 0.2) is 42.5 Å². The minimum absolute atomic E-state index is 0.0842. The highest BCUT2D eigenvalue weighted by Gasteiger charge is 2.25. The summed E-state index contributed by atoms with van der Waals surface area (Å²) in [6.45, 7) is 2.01. The Balaban J connectivity index is 1.85. The lowest BCUT2D eigenvalue weighted by Crippen LogP contribution is -2.27. The standard InChI is InChI=1S/C18H20FN/c1-12-6-9-16(19)11-17(12)18(20)15-8-7-13-4-2-3-5-14(13)10-15/h2-6,9,11,15,18H,7-8,10,20H2,1H3. The molecular weight excluding hydrogens is 249 g/mol. The monoisotopic (exact) mass is 269 g/mol. The number of rotatable bonds is 2. The molecule has 3 rings (SSSR count). The van der Waals surface area contributed by atoms with Crippen LogP contribution >= 0.6 is 0 Å². The first-order chi connectivity index (χ1) is 9.65. The molecular formula is C18H20FN. The summed E-state index contributed by atoms with van der Waals surface area (Å²) in [5, 5.41) is 0. The van der Waals surface area contributed by atoms with E-state index in [9.17, 15) is 4.39 Å². The SMILES string of the molecule is Cc1ccc(F)cc1C(N)C1CCc2ccccc2C1. The molecule has 20 heavy (non-hydrogen) atoms. The summed E-state index contributed by atoms with van der Waals surface area (Å²) in [6.07, 6.45) is 3.14. The molecule has 104 valence electrons. The van der Waals surface area contributed by atoms with E-state index in [2.05, 4.69) is 24.3 Å². The Morgan fingerprint density at radius 2 is 1.90 bits per heavy atom. The van der Waals surface area contributed by atoms with Gasteiger partial charge in [0.05, 0.1) is 0 Å². The Hall–Kier alpha value is -1.67. The van der Waals surface area contributed by atoms with E-state index in [1.807, 2.05) is 13.0 Å². The van der Waals surface area contributed by atoms with Crippen molar-refractivity contribution in [1.29, 1.82) is 0 Å². The van der Waals surface area contributed by atoms with Crippen molar-refractivity contribution in [3.63, 3.8) is 0 Å². The fourth-order valence-electron chi connectivity index (χ4n) is 3.26. The molecule has 1 aliphatic rings. The second-order valence-corrected chi connectivity index (χ2v) is 5.80. The Kier molecular flexibility index (Phi) is 3.58. The van der Waals surface area contributed by atoms with E-state index in [1.54, 1.807) is 6.07 Å². The molecule has 0 aliphatic heterocycles. The molecule has 2 atom stereocenters. The number of hydrogen-bond acceptors (Lipinski definition) is 1. The van der Waals surface area contributed by atoms with Crippen LogP contribution in [0.25, 0.3) is 0 Å². The average Bonchev–Trinajstić information content (AvgIpc) is 2.48. The average molecular weight is 269 g/mol. The van der Waals surface area contributed by atoms with Gasteiger partial charge in [0.25, 0.3) is 0 Å². The molecule has 0 bridgehead atoms. The zero-order chi connectivity index (χ0) is 14.1. The first-order valence-corrected chi connectivity index (χ1v) is 7.23. The minimum Gasteiger partial charge on any atom is -0.324 e. The minimum atomic E-state index is -0.197. The van der Waals surface area contributed by atoms with Crippen LogP contribution in [0.1, 0.15) is 34.7 Å². The van der Waals surface area contributed by atoms with Crippen LogP contribution in [-0.2, 0) is 12.8 Å². The largest absolute Gasteiger partial charge is 0.324 e. The highest BCUT2D eigenvalue weighted by molar-refractivity contribution is 5.33. The number of benzene rings is 2. The van der Waals surface area contributed by atoms with Gasteiger partial charge in [0.15, 0.2) is 0 Å². The molecule has 2 aromatic rings. The maximum Gasteiger partial charge on any atom is 0.123 e. The summed E-state index contributed by atoms with van der Waals surface area (Å²) in [4.78, 5) is 0. The van der Waals surface area contributed by atoms with Crippen LogP contribution < -0.4 is 5.73 Å². The van der Waals surface area contributed by atoms with E-state index in [1.165, 1.54) is 17.2 Å². The summed E-state index contributed by atoms with van der Waals surface area (Å²) < 4.78 is 13.5. The van der Waals surface area contributed by atoms with Crippen LogP contribution in [0.5, 0.6) is 0 Å². The van der Waals surface area contributed by atoms with Gasteiger partial charge in [-0.25, -0.2) is 4.39 Å². The van der Waals surface area contributed by atoms with Crippen molar-refractivity contribution in [3.05, 3.63) is 70.5 Å². The Labute approximate surface area is 119 Å². The van der Waals surface area contributed by atoms with Crippen molar-refractivity contribution in [2.24, 2.45) is 11.7 Å². The highest BCUT2D eigenvalue weighted by Crippen LogP contribution is 2.34. The molecule has 2 unspecified atom stereocenters. The van der Waals surface area contributed by atoms with Gasteiger partial charge in [0.1, 0.15) is 5.82 Å². The van der Waals surface area contributed by atoms with Gasteiger partial charge in [-0.1, -0.05) is 30.3 Å². The van der Waals surface area contributed by atoms with Crippen LogP contribution in [-0.4, -0.2) is 0 Å². The van der Waals surface area contributed by atoms with Crippen molar-refractivity contribution in [1.82, 2.24) is 0 Å². The molecule has 0 heterocycles. The van der Waals surface area contributed by atoms with Gasteiger partial charge >= 0.3 is 0 Å². The first-order valence-electron chi connectivity index (χ1n) is 7.23. The zero-order valence-corrected chi connectivity index (χ0v) is 11.8. The van der Waals surface area contributed by atoms with E-state index >= 15 is 0 Å². The van der Waals surface area contributed by atoms with Gasteiger partial charge in [-0.05, 0) is 66.5 Å². The van der Waals surface area contributed by atoms with Crippen molar-refractivity contribution < 1.29 is 4.39 Å². The molecule has 0 spiro atoms. The molecule has 2 heteroatoms. The van der Waals surface area contributed by atoms with Gasteiger partial charge in [-0.3, -0.25) is 0 Å². The third-order valence-electron chi connectivity index (χ3n) is 4.49. The number of nitrogens with two attached hydrogens (primary N) is 1. The third kappa shape index (κ3) is 2.48. The molecule has 1 nitrogen and oxygen atoms in total. The van der Waals surface area contributed by atoms with Crippen LogP contribution in [0.2, 0.25) is 0 Å². The normalized spacial score (nSPS) is 19.4. The second-order valence-electron chi connectivity index (χ2n) is 5.80. The topological polar surface area (TPSA) is 26.0 Å². The van der Waals surface area contributed by atoms with Gasteiger partial charge in [0, 0.05) is 6.04 Å². The Morgan fingerprint density at radius 1 is 1.15 bits per heavy atom. The quantitative estimate of drug-likeness (QED) is 0.878. The van der Waals surface area contributed by atoms with Crippen LogP contribution in [0.4, 0.5) is 4.39 Å². The van der Waals surface area contributed by atoms with Gasteiger partial charge < -0.3 is 5.73 Å². The molecule has 2 N–H and O–H groups in total. The van der Waals surface area contributed by atoms with Crippen molar-refractivity contribution in [2.75, 3.05) is 0 Å². The molecule has 0 amide bonds. The summed E-state index contributed by atoms with van der Waals surface area (Å²) >= 11 is 0. The lowest BCUT2D eigenvalue weighted by molar-refractivity contribution is 0.380. The smallest absolute Gasteiger partial charge is 0.123 e. The molecule has 1 aliphatic carbocycles. The van der Waals surface area contributed by atoms with Gasteiger partial charge in [-0.2, -0.15) is 0 Å². The number of hydrogen-bond donors (Lipinski definition) is 1. The summed E-state index contributed by atoms with van der Waals surface area (Å²) in [5.41, 5.74) is 11.3. The number of halogens is 1. The fraction of sp³-hybridized carbons (Fsp3) is 0.333. The van der Waals surface area contributed by atoms with Crippen molar-refractivity contribution in [3.8, 4) is 0 Å². The third-order valence-corrected chi connectivity index (χ3v) is 4.49. The van der Waals surface area contributed by atoms with E-state index in [0.717, 1.165) is 30.4 Å². The summed E-state index contributed by atoms with van der Waals surface area (Å²) in [7, 11) is 0. The molecule has 0 saturated carbocycles. The highest BCUT2D eigenvalue weighted by atomic mass is 19.1. The Bertz CT molecular complexity index is 621. The molecule has 0 saturated heterocycles. The molecule has 0 radical (unpaired) electrons. The molecule has 0 fully saturated rings. The maximum atomic E-state index is 13.5. The maximum absolute atomic E-state index is 13.5. The summed E-state index contributed by atoms with van der Waals surface area (Å²) in [6, 6.07) is 13.4. The number of fused-ring (bicyclic) bond motifs is 1. The van der Waals surface area contributed by atoms with E-state index < -0.39 is 0 Å². The van der Waals surface area contributed by atoms with E-state index in [0.29, 0.717) is 5.92 Å². The molecule has 0 aromatic heterocycles. The van der Waals surface area contributed by atoms with Gasteiger partial charge in [0.2, 0.25) is 0 Å². The van der Waals surface area contributed by atoms with Crippen LogP contribution in [0, 0.1) is 18.7 Å². The zero-order valence-electron chi connectivity index (χ0n) is 11.8. The van der Waals surface area contributed by atoms with E-state index in [4.69, 9.17) is 5.73 Å². The molecule has 2 aromatic carbocycles. The fourth-order valence-corrected chi connectivity index (χ4v) is 3.26. The van der Waals surface area contributed by atoms with E-state index in [-0.39, 0.29) is 11.9 Å². The summed E-state index contributed by atoms with van der Waals surface area (Å²) in [5.74, 6) is 0.197. The lowest BCUT2D eigenvalue weighted by Gasteiger charge is -2.30. The van der Waals surface area contributed by atoms with Crippen molar-refractivity contribution >= 4 is 0 Å². The lowest BCUT2D eigenvalue weighted by atomic mass is 9.77. The second kappa shape index (κ2) is 5.37. The Morgan fingerprint density at radius 3 is 2.70 bits per heavy atom. The first kappa shape index (κ1) is 13.3.